The van der Waals surface area contributed by atoms with E-state index < -0.39 is 10.0 Å². The van der Waals surface area contributed by atoms with Crippen molar-refractivity contribution in [1.29, 1.82) is 0 Å². The normalized spacial score (nSPS) is 15.9. The van der Waals surface area contributed by atoms with Gasteiger partial charge in [-0.05, 0) is 59.3 Å². The van der Waals surface area contributed by atoms with Crippen LogP contribution in [0.15, 0.2) is 27.6 Å². The van der Waals surface area contributed by atoms with Crippen LogP contribution < -0.4 is 5.73 Å². The largest absolute Gasteiger partial charge is 0.398 e. The summed E-state index contributed by atoms with van der Waals surface area (Å²) < 4.78 is 27.5. The molecule has 0 spiro atoms. The first-order valence-electron chi connectivity index (χ1n) is 6.50. The van der Waals surface area contributed by atoms with Crippen LogP contribution in [0.3, 0.4) is 0 Å². The standard InChI is InChI=1S/C13H19BrN2O2S/c1-2-7-16(9-10-3-4-10)19(17,18)11-5-6-12(14)13(15)8-11/h5-6,8,10H,2-4,7,9,15H2,1H3. The Morgan fingerprint density at radius 3 is 2.63 bits per heavy atom. The first-order valence-corrected chi connectivity index (χ1v) is 8.73. The quantitative estimate of drug-likeness (QED) is 0.805. The van der Waals surface area contributed by atoms with Crippen molar-refractivity contribution in [3.05, 3.63) is 22.7 Å². The fourth-order valence-electron chi connectivity index (χ4n) is 1.98. The van der Waals surface area contributed by atoms with Crippen molar-refractivity contribution < 1.29 is 8.42 Å². The Hall–Kier alpha value is -0.590. The number of hydrogen-bond donors (Lipinski definition) is 1. The molecule has 0 unspecified atom stereocenters. The van der Waals surface area contributed by atoms with Crippen LogP contribution in [0.1, 0.15) is 26.2 Å². The highest BCUT2D eigenvalue weighted by Crippen LogP contribution is 2.32. The SMILES string of the molecule is CCCN(CC1CC1)S(=O)(=O)c1ccc(Br)c(N)c1. The molecule has 0 amide bonds. The molecule has 1 aliphatic rings. The molecule has 1 aromatic carbocycles. The number of halogens is 1. The smallest absolute Gasteiger partial charge is 0.243 e. The lowest BCUT2D eigenvalue weighted by molar-refractivity contribution is 0.395. The molecule has 0 bridgehead atoms. The Bertz CT molecular complexity index is 556. The average molecular weight is 347 g/mol. The molecule has 0 aromatic heterocycles. The van der Waals surface area contributed by atoms with Gasteiger partial charge in [-0.3, -0.25) is 0 Å². The molecule has 1 aliphatic carbocycles. The van der Waals surface area contributed by atoms with Crippen molar-refractivity contribution in [2.45, 2.75) is 31.1 Å². The van der Waals surface area contributed by atoms with E-state index in [1.807, 2.05) is 6.92 Å². The van der Waals surface area contributed by atoms with Crippen LogP contribution in [0.2, 0.25) is 0 Å². The maximum absolute atomic E-state index is 12.6. The predicted molar refractivity (Wildman–Crippen MR) is 80.3 cm³/mol. The van der Waals surface area contributed by atoms with Crippen molar-refractivity contribution in [2.75, 3.05) is 18.8 Å². The zero-order valence-corrected chi connectivity index (χ0v) is 13.4. The summed E-state index contributed by atoms with van der Waals surface area (Å²) in [6.07, 6.45) is 3.09. The number of nitrogen functional groups attached to an aromatic ring is 1. The van der Waals surface area contributed by atoms with Crippen molar-refractivity contribution in [3.8, 4) is 0 Å². The van der Waals surface area contributed by atoms with Gasteiger partial charge in [0.05, 0.1) is 4.90 Å². The Labute approximate surface area is 123 Å². The summed E-state index contributed by atoms with van der Waals surface area (Å²) in [5.41, 5.74) is 6.22. The summed E-state index contributed by atoms with van der Waals surface area (Å²) in [6.45, 7) is 3.19. The van der Waals surface area contributed by atoms with Crippen LogP contribution in [-0.4, -0.2) is 25.8 Å². The van der Waals surface area contributed by atoms with Gasteiger partial charge >= 0.3 is 0 Å². The molecule has 1 fully saturated rings. The lowest BCUT2D eigenvalue weighted by atomic mass is 10.3. The maximum atomic E-state index is 12.6. The molecule has 0 radical (unpaired) electrons. The van der Waals surface area contributed by atoms with Crippen molar-refractivity contribution in [3.63, 3.8) is 0 Å². The van der Waals surface area contributed by atoms with Crippen molar-refractivity contribution >= 4 is 31.6 Å². The fourth-order valence-corrected chi connectivity index (χ4v) is 3.87. The molecule has 0 aliphatic heterocycles. The summed E-state index contributed by atoms with van der Waals surface area (Å²) in [6, 6.07) is 4.81. The van der Waals surface area contributed by atoms with Gasteiger partial charge in [0.1, 0.15) is 0 Å². The Morgan fingerprint density at radius 1 is 1.42 bits per heavy atom. The summed E-state index contributed by atoms with van der Waals surface area (Å²) in [5, 5.41) is 0. The molecule has 4 nitrogen and oxygen atoms in total. The predicted octanol–water partition coefficient (Wildman–Crippen LogP) is 2.84. The Morgan fingerprint density at radius 2 is 2.11 bits per heavy atom. The van der Waals surface area contributed by atoms with Gasteiger partial charge in [-0.15, -0.1) is 0 Å². The first kappa shape index (κ1) is 14.8. The minimum absolute atomic E-state index is 0.280. The van der Waals surface area contributed by atoms with E-state index in [-0.39, 0.29) is 4.90 Å². The second kappa shape index (κ2) is 5.81. The zero-order chi connectivity index (χ0) is 14.0. The minimum Gasteiger partial charge on any atom is -0.398 e. The van der Waals surface area contributed by atoms with Gasteiger partial charge in [-0.2, -0.15) is 4.31 Å². The van der Waals surface area contributed by atoms with Crippen molar-refractivity contribution in [2.24, 2.45) is 5.92 Å². The molecule has 1 aromatic rings. The van der Waals surface area contributed by atoms with Crippen LogP contribution in [0.25, 0.3) is 0 Å². The van der Waals surface area contributed by atoms with E-state index in [9.17, 15) is 8.42 Å². The van der Waals surface area contributed by atoms with E-state index in [1.54, 1.807) is 16.4 Å². The molecule has 1 saturated carbocycles. The van der Waals surface area contributed by atoms with Gasteiger partial charge in [0.15, 0.2) is 0 Å². The highest BCUT2D eigenvalue weighted by molar-refractivity contribution is 9.10. The maximum Gasteiger partial charge on any atom is 0.243 e. The number of hydrogen-bond acceptors (Lipinski definition) is 3. The van der Waals surface area contributed by atoms with Crippen LogP contribution >= 0.6 is 15.9 Å². The number of nitrogens with two attached hydrogens (primary N) is 1. The molecule has 0 atom stereocenters. The van der Waals surface area contributed by atoms with E-state index in [0.717, 1.165) is 23.7 Å². The zero-order valence-electron chi connectivity index (χ0n) is 11.0. The second-order valence-corrected chi connectivity index (χ2v) is 7.78. The molecule has 2 rings (SSSR count). The molecule has 2 N–H and O–H groups in total. The highest BCUT2D eigenvalue weighted by Gasteiger charge is 2.31. The Kier molecular flexibility index (Phi) is 4.53. The number of sulfonamides is 1. The van der Waals surface area contributed by atoms with Crippen LogP contribution in [0, 0.1) is 5.92 Å². The monoisotopic (exact) mass is 346 g/mol. The summed E-state index contributed by atoms with van der Waals surface area (Å²) in [4.78, 5) is 0.280. The van der Waals surface area contributed by atoms with Gasteiger partial charge in [-0.25, -0.2) is 8.42 Å². The van der Waals surface area contributed by atoms with Gasteiger partial charge in [0.2, 0.25) is 10.0 Å². The third kappa shape index (κ3) is 3.49. The number of nitrogens with zero attached hydrogens (tertiary/aromatic N) is 1. The summed E-state index contributed by atoms with van der Waals surface area (Å²) in [5.74, 6) is 0.536. The lowest BCUT2D eigenvalue weighted by Gasteiger charge is -2.21. The third-order valence-corrected chi connectivity index (χ3v) is 5.82. The molecule has 106 valence electrons. The average Bonchev–Trinajstić information content (AvgIpc) is 3.16. The van der Waals surface area contributed by atoms with Crippen molar-refractivity contribution in [1.82, 2.24) is 4.31 Å². The molecule has 19 heavy (non-hydrogen) atoms. The lowest BCUT2D eigenvalue weighted by Crippen LogP contribution is -2.33. The van der Waals surface area contributed by atoms with Gasteiger partial charge in [0, 0.05) is 23.2 Å². The van der Waals surface area contributed by atoms with Crippen LogP contribution in [-0.2, 0) is 10.0 Å². The third-order valence-electron chi connectivity index (χ3n) is 3.24. The second-order valence-electron chi connectivity index (χ2n) is 4.99. The van der Waals surface area contributed by atoms with Gasteiger partial charge in [-0.1, -0.05) is 6.92 Å². The van der Waals surface area contributed by atoms with E-state index in [0.29, 0.717) is 24.7 Å². The van der Waals surface area contributed by atoms with E-state index >= 15 is 0 Å². The highest BCUT2D eigenvalue weighted by atomic mass is 79.9. The van der Waals surface area contributed by atoms with Crippen LogP contribution in [0.5, 0.6) is 0 Å². The van der Waals surface area contributed by atoms with E-state index in [1.165, 1.54) is 6.07 Å². The van der Waals surface area contributed by atoms with E-state index in [2.05, 4.69) is 15.9 Å². The number of rotatable bonds is 6. The number of benzene rings is 1. The molecular weight excluding hydrogens is 328 g/mol. The fraction of sp³-hybridized carbons (Fsp3) is 0.538. The summed E-state index contributed by atoms with van der Waals surface area (Å²) >= 11 is 3.28. The van der Waals surface area contributed by atoms with Gasteiger partial charge < -0.3 is 5.73 Å². The molecule has 0 heterocycles. The van der Waals surface area contributed by atoms with Gasteiger partial charge in [0.25, 0.3) is 0 Å². The molecule has 0 saturated heterocycles. The Balaban J connectivity index is 2.28. The van der Waals surface area contributed by atoms with Crippen LogP contribution in [0.4, 0.5) is 5.69 Å². The number of anilines is 1. The molecular formula is C13H19BrN2O2S. The minimum atomic E-state index is -3.43. The topological polar surface area (TPSA) is 63.4 Å². The molecule has 6 heteroatoms. The van der Waals surface area contributed by atoms with E-state index in [4.69, 9.17) is 5.73 Å². The summed E-state index contributed by atoms with van der Waals surface area (Å²) in [7, 11) is -3.43. The first-order chi connectivity index (χ1) is 8.95.